The van der Waals surface area contributed by atoms with Gasteiger partial charge >= 0.3 is 0 Å². The van der Waals surface area contributed by atoms with E-state index in [-0.39, 0.29) is 5.75 Å². The zero-order valence-corrected chi connectivity index (χ0v) is 11.1. The van der Waals surface area contributed by atoms with Gasteiger partial charge in [-0.25, -0.2) is 8.78 Å². The van der Waals surface area contributed by atoms with E-state index in [0.717, 1.165) is 12.1 Å². The summed E-state index contributed by atoms with van der Waals surface area (Å²) in [6.45, 7) is 1.59. The number of carbonyl (C=O) groups is 1. The highest BCUT2D eigenvalue weighted by molar-refractivity contribution is 6.30. The van der Waals surface area contributed by atoms with Crippen molar-refractivity contribution < 1.29 is 18.7 Å². The molecule has 0 aromatic heterocycles. The Labute approximate surface area is 118 Å². The summed E-state index contributed by atoms with van der Waals surface area (Å²) in [6.07, 6.45) is 0. The summed E-state index contributed by atoms with van der Waals surface area (Å²) in [5, 5.41) is 11.5. The summed E-state index contributed by atoms with van der Waals surface area (Å²) in [5.74, 6) is -2.64. The first kappa shape index (κ1) is 14.3. The van der Waals surface area contributed by atoms with Gasteiger partial charge in [0.25, 0.3) is 5.91 Å². The summed E-state index contributed by atoms with van der Waals surface area (Å²) in [6, 6.07) is 5.98. The fourth-order valence-corrected chi connectivity index (χ4v) is 1.80. The van der Waals surface area contributed by atoms with Crippen LogP contribution in [0.3, 0.4) is 0 Å². The lowest BCUT2D eigenvalue weighted by molar-refractivity contribution is 0.102. The molecule has 104 valence electrons. The van der Waals surface area contributed by atoms with E-state index < -0.39 is 28.1 Å². The van der Waals surface area contributed by atoms with Gasteiger partial charge in [0.05, 0.1) is 10.6 Å². The van der Waals surface area contributed by atoms with Gasteiger partial charge in [0.2, 0.25) is 0 Å². The first-order valence-corrected chi connectivity index (χ1v) is 6.02. The van der Waals surface area contributed by atoms with Crippen LogP contribution in [0, 0.1) is 18.6 Å². The topological polar surface area (TPSA) is 49.3 Å². The van der Waals surface area contributed by atoms with Gasteiger partial charge in [-0.2, -0.15) is 0 Å². The molecule has 0 aliphatic carbocycles. The Hall–Kier alpha value is -2.14. The standard InChI is InChI=1S/C14H10ClF2NO2/c1-7-12(3-2-4-13(7)19)18-14(20)8-5-11(17)9(15)6-10(8)16/h2-6,19H,1H3,(H,18,20). The molecule has 0 aliphatic rings. The normalized spacial score (nSPS) is 10.4. The van der Waals surface area contributed by atoms with Crippen LogP contribution in [0.4, 0.5) is 14.5 Å². The molecule has 3 nitrogen and oxygen atoms in total. The average Bonchev–Trinajstić information content (AvgIpc) is 2.39. The first-order valence-electron chi connectivity index (χ1n) is 5.64. The van der Waals surface area contributed by atoms with Crippen molar-refractivity contribution in [3.8, 4) is 5.75 Å². The van der Waals surface area contributed by atoms with Crippen LogP contribution in [0.15, 0.2) is 30.3 Å². The van der Waals surface area contributed by atoms with Gasteiger partial charge in [0.1, 0.15) is 17.4 Å². The molecule has 0 aliphatic heterocycles. The van der Waals surface area contributed by atoms with E-state index in [0.29, 0.717) is 11.3 Å². The number of hydrogen-bond acceptors (Lipinski definition) is 2. The third-order valence-corrected chi connectivity index (χ3v) is 3.10. The number of rotatable bonds is 2. The van der Waals surface area contributed by atoms with E-state index in [1.807, 2.05) is 0 Å². The maximum atomic E-state index is 13.6. The lowest BCUT2D eigenvalue weighted by atomic mass is 10.1. The monoisotopic (exact) mass is 297 g/mol. The Bertz CT molecular complexity index is 689. The van der Waals surface area contributed by atoms with Crippen LogP contribution in [0.25, 0.3) is 0 Å². The van der Waals surface area contributed by atoms with Crippen LogP contribution in [0.5, 0.6) is 5.75 Å². The molecular formula is C14H10ClF2NO2. The number of aromatic hydroxyl groups is 1. The number of phenols is 1. The van der Waals surface area contributed by atoms with Crippen molar-refractivity contribution in [2.24, 2.45) is 0 Å². The van der Waals surface area contributed by atoms with Gasteiger partial charge in [-0.3, -0.25) is 4.79 Å². The quantitative estimate of drug-likeness (QED) is 0.826. The number of hydrogen-bond donors (Lipinski definition) is 2. The molecule has 0 unspecified atom stereocenters. The molecule has 2 aromatic carbocycles. The Morgan fingerprint density at radius 1 is 1.25 bits per heavy atom. The fourth-order valence-electron chi connectivity index (χ4n) is 1.65. The lowest BCUT2D eigenvalue weighted by Gasteiger charge is -2.10. The van der Waals surface area contributed by atoms with Crippen molar-refractivity contribution in [1.82, 2.24) is 0 Å². The predicted molar refractivity (Wildman–Crippen MR) is 72.2 cm³/mol. The molecule has 2 aromatic rings. The van der Waals surface area contributed by atoms with Crippen LogP contribution in [0.1, 0.15) is 15.9 Å². The maximum Gasteiger partial charge on any atom is 0.258 e. The highest BCUT2D eigenvalue weighted by Crippen LogP contribution is 2.25. The maximum absolute atomic E-state index is 13.6. The van der Waals surface area contributed by atoms with E-state index in [1.54, 1.807) is 6.92 Å². The van der Waals surface area contributed by atoms with E-state index in [4.69, 9.17) is 11.6 Å². The number of nitrogens with one attached hydrogen (secondary N) is 1. The number of phenolic OH excluding ortho intramolecular Hbond substituents is 1. The zero-order valence-electron chi connectivity index (χ0n) is 10.4. The van der Waals surface area contributed by atoms with Gasteiger partial charge in [-0.15, -0.1) is 0 Å². The fraction of sp³-hybridized carbons (Fsp3) is 0.0714. The second kappa shape index (κ2) is 5.46. The molecule has 0 atom stereocenters. The minimum atomic E-state index is -0.924. The minimum Gasteiger partial charge on any atom is -0.508 e. The van der Waals surface area contributed by atoms with Crippen LogP contribution in [-0.4, -0.2) is 11.0 Å². The molecule has 0 spiro atoms. The molecule has 0 saturated heterocycles. The van der Waals surface area contributed by atoms with Crippen LogP contribution >= 0.6 is 11.6 Å². The van der Waals surface area contributed by atoms with Gasteiger partial charge in [-0.1, -0.05) is 17.7 Å². The Kier molecular flexibility index (Phi) is 3.90. The molecule has 2 N–H and O–H groups in total. The zero-order chi connectivity index (χ0) is 14.9. The van der Waals surface area contributed by atoms with Crippen LogP contribution in [-0.2, 0) is 0 Å². The summed E-state index contributed by atoms with van der Waals surface area (Å²) < 4.78 is 26.9. The van der Waals surface area contributed by atoms with Crippen LogP contribution < -0.4 is 5.32 Å². The van der Waals surface area contributed by atoms with Gasteiger partial charge < -0.3 is 10.4 Å². The lowest BCUT2D eigenvalue weighted by Crippen LogP contribution is -2.15. The molecule has 6 heteroatoms. The van der Waals surface area contributed by atoms with E-state index in [9.17, 15) is 18.7 Å². The smallest absolute Gasteiger partial charge is 0.258 e. The van der Waals surface area contributed by atoms with Gasteiger partial charge in [0, 0.05) is 11.3 Å². The summed E-state index contributed by atoms with van der Waals surface area (Å²) in [5.41, 5.74) is 0.273. The minimum absolute atomic E-state index is 0.00874. The molecule has 0 heterocycles. The van der Waals surface area contributed by atoms with Gasteiger partial charge in [0.15, 0.2) is 0 Å². The average molecular weight is 298 g/mol. The van der Waals surface area contributed by atoms with Crippen molar-refractivity contribution in [2.45, 2.75) is 6.92 Å². The van der Waals surface area contributed by atoms with Crippen molar-refractivity contribution in [2.75, 3.05) is 5.32 Å². The second-order valence-electron chi connectivity index (χ2n) is 4.15. The molecular weight excluding hydrogens is 288 g/mol. The number of anilines is 1. The predicted octanol–water partition coefficient (Wildman–Crippen LogP) is 3.88. The van der Waals surface area contributed by atoms with Crippen molar-refractivity contribution in [1.29, 1.82) is 0 Å². The molecule has 0 saturated carbocycles. The van der Waals surface area contributed by atoms with Crippen molar-refractivity contribution in [3.05, 3.63) is 58.1 Å². The van der Waals surface area contributed by atoms with E-state index in [1.165, 1.54) is 18.2 Å². The third kappa shape index (κ3) is 2.72. The second-order valence-corrected chi connectivity index (χ2v) is 4.56. The molecule has 0 radical (unpaired) electrons. The number of benzene rings is 2. The summed E-state index contributed by atoms with van der Waals surface area (Å²) in [7, 11) is 0. The van der Waals surface area contributed by atoms with E-state index >= 15 is 0 Å². The molecule has 2 rings (SSSR count). The molecule has 0 fully saturated rings. The van der Waals surface area contributed by atoms with Gasteiger partial charge in [-0.05, 0) is 31.2 Å². The van der Waals surface area contributed by atoms with Crippen LogP contribution in [0.2, 0.25) is 5.02 Å². The third-order valence-electron chi connectivity index (χ3n) is 2.81. The SMILES string of the molecule is Cc1c(O)cccc1NC(=O)c1cc(F)c(Cl)cc1F. The van der Waals surface area contributed by atoms with Crippen molar-refractivity contribution in [3.63, 3.8) is 0 Å². The molecule has 0 bridgehead atoms. The Morgan fingerprint density at radius 3 is 2.65 bits per heavy atom. The highest BCUT2D eigenvalue weighted by Gasteiger charge is 2.16. The summed E-state index contributed by atoms with van der Waals surface area (Å²) in [4.78, 5) is 11.9. The number of carbonyl (C=O) groups excluding carboxylic acids is 1. The van der Waals surface area contributed by atoms with E-state index in [2.05, 4.69) is 5.32 Å². The largest absolute Gasteiger partial charge is 0.508 e. The first-order chi connectivity index (χ1) is 9.40. The number of halogens is 3. The summed E-state index contributed by atoms with van der Waals surface area (Å²) >= 11 is 5.42. The molecule has 20 heavy (non-hydrogen) atoms. The highest BCUT2D eigenvalue weighted by atomic mass is 35.5. The Morgan fingerprint density at radius 2 is 1.95 bits per heavy atom. The molecule has 1 amide bonds. The Balaban J connectivity index is 2.33. The number of amides is 1. The van der Waals surface area contributed by atoms with Crippen molar-refractivity contribution >= 4 is 23.2 Å².